The van der Waals surface area contributed by atoms with Gasteiger partial charge >= 0.3 is 6.09 Å². The fraction of sp³-hybridized carbons (Fsp3) is 0.298. The van der Waals surface area contributed by atoms with Crippen molar-refractivity contribution in [2.45, 2.75) is 38.1 Å². The van der Waals surface area contributed by atoms with Crippen LogP contribution in [-0.2, 0) is 19.2 Å². The van der Waals surface area contributed by atoms with E-state index < -0.39 is 48.3 Å². The van der Waals surface area contributed by atoms with Gasteiger partial charge in [0.1, 0.15) is 17.5 Å². The minimum Gasteiger partial charge on any atom is -0.409 e. The minimum absolute atomic E-state index is 0.0464. The van der Waals surface area contributed by atoms with E-state index in [9.17, 15) is 38.7 Å². The fourth-order valence-corrected chi connectivity index (χ4v) is 8.29. The Labute approximate surface area is 368 Å². The molecule has 5 N–H and O–H groups in total. The predicted octanol–water partition coefficient (Wildman–Crippen LogP) is 4.59. The number of anilines is 3. The Balaban J connectivity index is 0.903. The van der Waals surface area contributed by atoms with E-state index in [2.05, 4.69) is 32.8 Å². The number of aliphatic hydroxyl groups excluding tert-OH is 1. The molecule has 0 unspecified atom stereocenters. The largest absolute Gasteiger partial charge is 0.415 e. The van der Waals surface area contributed by atoms with Crippen LogP contribution in [0.3, 0.4) is 0 Å². The molecule has 0 bridgehead atoms. The number of imide groups is 1. The van der Waals surface area contributed by atoms with Gasteiger partial charge in [0.25, 0.3) is 23.6 Å². The topological polar surface area (TPSA) is 214 Å². The lowest BCUT2D eigenvalue weighted by Gasteiger charge is -2.31. The van der Waals surface area contributed by atoms with Crippen molar-refractivity contribution in [3.8, 4) is 5.75 Å². The summed E-state index contributed by atoms with van der Waals surface area (Å²) >= 11 is 0. The number of ether oxygens (including phenoxy) is 1. The Bertz CT molecular complexity index is 2690. The van der Waals surface area contributed by atoms with Gasteiger partial charge in [0.05, 0.1) is 12.3 Å². The van der Waals surface area contributed by atoms with Crippen LogP contribution in [0.25, 0.3) is 21.7 Å². The molecule has 330 valence electrons. The maximum Gasteiger partial charge on any atom is 0.415 e. The third-order valence-electron chi connectivity index (χ3n) is 11.9. The van der Waals surface area contributed by atoms with E-state index in [4.69, 9.17) is 4.74 Å². The van der Waals surface area contributed by atoms with Crippen molar-refractivity contribution >= 4 is 80.3 Å². The second kappa shape index (κ2) is 18.5. The summed E-state index contributed by atoms with van der Waals surface area (Å²) in [6.45, 7) is 4.57. The Morgan fingerprint density at radius 2 is 1.56 bits per heavy atom. The van der Waals surface area contributed by atoms with E-state index in [1.165, 1.54) is 24.3 Å². The van der Waals surface area contributed by atoms with Gasteiger partial charge in [-0.15, -0.1) is 0 Å². The number of aliphatic hydroxyl groups is 1. The van der Waals surface area contributed by atoms with Gasteiger partial charge in [0, 0.05) is 103 Å². The minimum atomic E-state index is -1.26. The first-order valence-corrected chi connectivity index (χ1v) is 21.2. The number of carbonyl (C=O) groups excluding carboxylic acids is 7. The van der Waals surface area contributed by atoms with Crippen LogP contribution in [0.5, 0.6) is 5.75 Å². The number of H-pyrrole nitrogens is 1. The zero-order valence-corrected chi connectivity index (χ0v) is 35.4. The van der Waals surface area contributed by atoms with Crippen LogP contribution in [0.2, 0.25) is 0 Å². The Morgan fingerprint density at radius 1 is 0.859 bits per heavy atom. The lowest BCUT2D eigenvalue weighted by Crippen LogP contribution is -2.48. The number of likely N-dealkylation sites (N-methyl/N-ethyl adjacent to an activating group) is 1. The fourth-order valence-electron chi connectivity index (χ4n) is 8.29. The monoisotopic (exact) mass is 868 g/mol. The first-order valence-electron chi connectivity index (χ1n) is 21.2. The standard InChI is InChI=1S/C47H48N8O9/c1-3-28-26-55(38-25-39(33-7-4-5-8-34(33)43(28)38)64-47(63)53-21-19-52(2)20-22-53)46(62)36-24-30-23-32(14-15-35(30)50-36)49-44(60)29-10-12-31(13-11-29)48-45(61)37(27-56)51-40(57)9-6-18-54-41(58)16-17-42(54)59/h4-5,7-8,10-17,23-25,28,37,50,56H,3,6,9,18-22,26-27H2,1-2H3,(H,48,61)(H,49,60)(H,51,57)/t28-,37+/m1/s1. The maximum absolute atomic E-state index is 14.4. The summed E-state index contributed by atoms with van der Waals surface area (Å²) in [5.41, 5.74) is 3.89. The quantitative estimate of drug-likeness (QED) is 0.104. The molecule has 1 fully saturated rings. The Kier molecular flexibility index (Phi) is 12.5. The number of rotatable bonds is 13. The molecule has 2 atom stereocenters. The summed E-state index contributed by atoms with van der Waals surface area (Å²) in [6.07, 6.45) is 2.80. The van der Waals surface area contributed by atoms with Gasteiger partial charge in [-0.05, 0) is 79.4 Å². The van der Waals surface area contributed by atoms with Crippen molar-refractivity contribution in [2.75, 3.05) is 68.5 Å². The van der Waals surface area contributed by atoms with Crippen molar-refractivity contribution in [1.82, 2.24) is 25.0 Å². The second-order valence-electron chi connectivity index (χ2n) is 16.1. The van der Waals surface area contributed by atoms with E-state index in [0.29, 0.717) is 64.6 Å². The van der Waals surface area contributed by atoms with Gasteiger partial charge in [-0.25, -0.2) is 4.79 Å². The van der Waals surface area contributed by atoms with E-state index in [1.807, 2.05) is 37.4 Å². The smallest absolute Gasteiger partial charge is 0.409 e. The summed E-state index contributed by atoms with van der Waals surface area (Å²) in [5, 5.41) is 20.2. The first-order chi connectivity index (χ1) is 30.9. The van der Waals surface area contributed by atoms with Gasteiger partial charge in [0.15, 0.2) is 0 Å². The molecular weight excluding hydrogens is 821 g/mol. The van der Waals surface area contributed by atoms with E-state index in [0.717, 1.165) is 52.9 Å². The summed E-state index contributed by atoms with van der Waals surface area (Å²) < 4.78 is 6.06. The van der Waals surface area contributed by atoms with Crippen LogP contribution in [-0.4, -0.2) is 125 Å². The van der Waals surface area contributed by atoms with Crippen molar-refractivity contribution in [1.29, 1.82) is 0 Å². The molecule has 1 saturated heterocycles. The molecule has 0 radical (unpaired) electrons. The maximum atomic E-state index is 14.4. The average Bonchev–Trinajstić information content (AvgIpc) is 3.99. The lowest BCUT2D eigenvalue weighted by molar-refractivity contribution is -0.137. The molecule has 0 spiro atoms. The van der Waals surface area contributed by atoms with Crippen molar-refractivity contribution < 1.29 is 43.4 Å². The van der Waals surface area contributed by atoms with E-state index in [1.54, 1.807) is 34.1 Å². The first kappa shape index (κ1) is 43.3. The summed E-state index contributed by atoms with van der Waals surface area (Å²) in [7, 11) is 2.02. The number of carbonyl (C=O) groups is 7. The molecule has 4 aromatic carbocycles. The highest BCUT2D eigenvalue weighted by Gasteiger charge is 2.36. The molecule has 1 aromatic heterocycles. The molecule has 7 amide bonds. The SMILES string of the molecule is CC[C@@H]1CN(C(=O)c2cc3cc(NC(=O)c4ccc(NC(=O)[C@H](CO)NC(=O)CCCN5C(=O)C=CC5=O)cc4)ccc3[nH]2)c2cc(OC(=O)N3CCN(C)CC3)c3ccccc3c21. The number of piperazine rings is 1. The number of hydrogen-bond acceptors (Lipinski definition) is 10. The molecule has 17 nitrogen and oxygen atoms in total. The lowest BCUT2D eigenvalue weighted by atomic mass is 9.93. The van der Waals surface area contributed by atoms with E-state index in [-0.39, 0.29) is 31.2 Å². The summed E-state index contributed by atoms with van der Waals surface area (Å²) in [6, 6.07) is 21.4. The highest BCUT2D eigenvalue weighted by molar-refractivity contribution is 6.13. The number of benzene rings is 4. The van der Waals surface area contributed by atoms with Crippen LogP contribution >= 0.6 is 0 Å². The van der Waals surface area contributed by atoms with Gasteiger partial charge in [0.2, 0.25) is 11.8 Å². The summed E-state index contributed by atoms with van der Waals surface area (Å²) in [5.74, 6) is -2.32. The van der Waals surface area contributed by atoms with Crippen LogP contribution in [0.1, 0.15) is 58.5 Å². The van der Waals surface area contributed by atoms with Crippen molar-refractivity contribution in [3.63, 3.8) is 0 Å². The highest BCUT2D eigenvalue weighted by Crippen LogP contribution is 2.47. The molecule has 3 aliphatic heterocycles. The number of hydrogen-bond donors (Lipinski definition) is 5. The third-order valence-corrected chi connectivity index (χ3v) is 11.9. The molecular formula is C47H48N8O9. The van der Waals surface area contributed by atoms with Crippen molar-refractivity contribution in [3.05, 3.63) is 108 Å². The molecule has 4 heterocycles. The molecule has 0 saturated carbocycles. The van der Waals surface area contributed by atoms with Gasteiger partial charge in [-0.3, -0.25) is 33.7 Å². The normalized spacial score (nSPS) is 16.6. The number of fused-ring (bicyclic) bond motifs is 4. The predicted molar refractivity (Wildman–Crippen MR) is 239 cm³/mol. The zero-order chi connectivity index (χ0) is 45.1. The Morgan fingerprint density at radius 3 is 2.27 bits per heavy atom. The Hall–Kier alpha value is -7.37. The number of nitrogens with zero attached hydrogens (tertiary/aromatic N) is 4. The molecule has 3 aliphatic rings. The molecule has 64 heavy (non-hydrogen) atoms. The number of aromatic nitrogens is 1. The van der Waals surface area contributed by atoms with Crippen LogP contribution in [0, 0.1) is 0 Å². The van der Waals surface area contributed by atoms with Gasteiger partial charge in [-0.2, -0.15) is 0 Å². The summed E-state index contributed by atoms with van der Waals surface area (Å²) in [4.78, 5) is 99.5. The second-order valence-corrected chi connectivity index (χ2v) is 16.1. The highest BCUT2D eigenvalue weighted by atomic mass is 16.6. The van der Waals surface area contributed by atoms with Gasteiger partial charge in [-0.1, -0.05) is 31.2 Å². The van der Waals surface area contributed by atoms with E-state index >= 15 is 0 Å². The van der Waals surface area contributed by atoms with Crippen molar-refractivity contribution in [2.24, 2.45) is 0 Å². The molecule has 17 heteroatoms. The molecule has 0 aliphatic carbocycles. The average molecular weight is 869 g/mol. The van der Waals surface area contributed by atoms with Gasteiger partial charge < -0.3 is 45.5 Å². The number of amides is 7. The molecule has 8 rings (SSSR count). The van der Waals surface area contributed by atoms with Crippen LogP contribution in [0.4, 0.5) is 21.9 Å². The molecule has 5 aromatic rings. The number of aromatic amines is 1. The number of nitrogens with one attached hydrogen (secondary N) is 4. The third kappa shape index (κ3) is 9.07. The van der Waals surface area contributed by atoms with Crippen LogP contribution < -0.4 is 25.6 Å². The zero-order valence-electron chi connectivity index (χ0n) is 35.4. The van der Waals surface area contributed by atoms with Crippen LogP contribution in [0.15, 0.2) is 91.0 Å².